The van der Waals surface area contributed by atoms with Crippen molar-refractivity contribution in [3.05, 3.63) is 34.3 Å². The maximum absolute atomic E-state index is 12.7. The van der Waals surface area contributed by atoms with Crippen LogP contribution in [0.25, 0.3) is 0 Å². The molecule has 0 aliphatic carbocycles. The summed E-state index contributed by atoms with van der Waals surface area (Å²) in [5, 5.41) is 15.8. The average molecular weight is 416 g/mol. The summed E-state index contributed by atoms with van der Waals surface area (Å²) in [5.41, 5.74) is 1.47. The van der Waals surface area contributed by atoms with Crippen molar-refractivity contribution in [3.63, 3.8) is 0 Å². The average Bonchev–Trinajstić information content (AvgIpc) is 3.13. The van der Waals surface area contributed by atoms with Crippen LogP contribution in [0.1, 0.15) is 22.2 Å². The number of alkyl halides is 3. The number of aliphatic carboxylic acids is 1. The second-order valence-electron chi connectivity index (χ2n) is 6.40. The van der Waals surface area contributed by atoms with E-state index in [2.05, 4.69) is 10.2 Å². The minimum Gasteiger partial charge on any atom is -0.496 e. The van der Waals surface area contributed by atoms with E-state index in [1.165, 1.54) is 7.11 Å². The summed E-state index contributed by atoms with van der Waals surface area (Å²) in [5.74, 6) is -0.521. The van der Waals surface area contributed by atoms with Gasteiger partial charge in [-0.05, 0) is 13.0 Å². The zero-order valence-electron chi connectivity index (χ0n) is 15.2. The fraction of sp³-hybridized carbons (Fsp3) is 0.471. The molecule has 7 nitrogen and oxygen atoms in total. The largest absolute Gasteiger partial charge is 0.496 e. The second-order valence-corrected chi connectivity index (χ2v) is 7.35. The number of piperazine rings is 1. The summed E-state index contributed by atoms with van der Waals surface area (Å²) in [6, 6.07) is 4.45. The van der Waals surface area contributed by atoms with Crippen molar-refractivity contribution in [2.45, 2.75) is 19.1 Å². The standard InChI is InChI=1S/C17H19F3N4O3S/c1-10-3-4-12(27-2)11(9-10)13(14(25)26)23-5-7-24(8-6-23)16-22-21-15(28-16)17(18,19)20/h3-4,9,13H,5-8H2,1-2H3,(H,25,26). The SMILES string of the molecule is COc1ccc(C)cc1C(C(=O)O)N1CCN(c2nnc(C(F)(F)F)s2)CC1. The van der Waals surface area contributed by atoms with Gasteiger partial charge in [0.15, 0.2) is 0 Å². The number of ether oxygens (including phenoxy) is 1. The van der Waals surface area contributed by atoms with Crippen LogP contribution in [0, 0.1) is 6.92 Å². The third-order valence-corrected chi connectivity index (χ3v) is 5.55. The fourth-order valence-electron chi connectivity index (χ4n) is 3.18. The third-order valence-electron chi connectivity index (χ3n) is 4.52. The molecule has 1 aliphatic heterocycles. The number of rotatable bonds is 5. The Kier molecular flexibility index (Phi) is 5.75. The normalized spacial score (nSPS) is 16.8. The Morgan fingerprint density at radius 1 is 1.25 bits per heavy atom. The number of hydrogen-bond donors (Lipinski definition) is 1. The van der Waals surface area contributed by atoms with Gasteiger partial charge in [-0.1, -0.05) is 29.0 Å². The van der Waals surface area contributed by atoms with Crippen LogP contribution in [0.15, 0.2) is 18.2 Å². The maximum atomic E-state index is 12.7. The molecule has 0 bridgehead atoms. The van der Waals surface area contributed by atoms with Crippen molar-refractivity contribution >= 4 is 22.4 Å². The van der Waals surface area contributed by atoms with Crippen molar-refractivity contribution in [1.29, 1.82) is 0 Å². The molecule has 0 amide bonds. The first kappa shape index (κ1) is 20.3. The van der Waals surface area contributed by atoms with Gasteiger partial charge >= 0.3 is 12.1 Å². The lowest BCUT2D eigenvalue weighted by Crippen LogP contribution is -2.49. The first-order valence-electron chi connectivity index (χ1n) is 8.47. The molecule has 1 atom stereocenters. The van der Waals surface area contributed by atoms with Crippen LogP contribution in [0.4, 0.5) is 18.3 Å². The number of halogens is 3. The van der Waals surface area contributed by atoms with E-state index >= 15 is 0 Å². The number of aromatic nitrogens is 2. The Bertz CT molecular complexity index is 850. The number of carboxylic acid groups (broad SMARTS) is 1. The Labute approximate surface area is 163 Å². The van der Waals surface area contributed by atoms with E-state index < -0.39 is 23.2 Å². The molecule has 1 N–H and O–H groups in total. The van der Waals surface area contributed by atoms with Gasteiger partial charge in [0.05, 0.1) is 7.11 Å². The molecule has 0 radical (unpaired) electrons. The topological polar surface area (TPSA) is 78.8 Å². The molecule has 2 aromatic rings. The summed E-state index contributed by atoms with van der Waals surface area (Å²) < 4.78 is 43.5. The first-order valence-corrected chi connectivity index (χ1v) is 9.29. The molecule has 28 heavy (non-hydrogen) atoms. The van der Waals surface area contributed by atoms with Gasteiger partial charge in [-0.15, -0.1) is 10.2 Å². The number of anilines is 1. The molecule has 1 saturated heterocycles. The van der Waals surface area contributed by atoms with Gasteiger partial charge in [-0.25, -0.2) is 0 Å². The molecule has 0 spiro atoms. The molecule has 1 unspecified atom stereocenters. The molecular weight excluding hydrogens is 397 g/mol. The van der Waals surface area contributed by atoms with Crippen LogP contribution in [0.3, 0.4) is 0 Å². The first-order chi connectivity index (χ1) is 13.2. The molecule has 11 heteroatoms. The quantitative estimate of drug-likeness (QED) is 0.803. The van der Waals surface area contributed by atoms with Crippen LogP contribution in [0.5, 0.6) is 5.75 Å². The smallest absolute Gasteiger partial charge is 0.445 e. The Balaban J connectivity index is 1.76. The summed E-state index contributed by atoms with van der Waals surface area (Å²) >= 11 is 0.491. The monoisotopic (exact) mass is 416 g/mol. The minimum absolute atomic E-state index is 0.187. The van der Waals surface area contributed by atoms with Crippen molar-refractivity contribution in [1.82, 2.24) is 15.1 Å². The minimum atomic E-state index is -4.52. The highest BCUT2D eigenvalue weighted by atomic mass is 32.1. The Morgan fingerprint density at radius 3 is 2.46 bits per heavy atom. The molecule has 1 fully saturated rings. The number of hydrogen-bond acceptors (Lipinski definition) is 7. The summed E-state index contributed by atoms with van der Waals surface area (Å²) in [6.07, 6.45) is -4.52. The number of aryl methyl sites for hydroxylation is 1. The van der Waals surface area contributed by atoms with Gasteiger partial charge in [-0.2, -0.15) is 13.2 Å². The van der Waals surface area contributed by atoms with Crippen LogP contribution in [-0.2, 0) is 11.0 Å². The van der Waals surface area contributed by atoms with Crippen LogP contribution < -0.4 is 9.64 Å². The maximum Gasteiger partial charge on any atom is 0.445 e. The number of carbonyl (C=O) groups is 1. The number of carboxylic acids is 1. The van der Waals surface area contributed by atoms with Gasteiger partial charge in [0, 0.05) is 31.7 Å². The Morgan fingerprint density at radius 2 is 1.93 bits per heavy atom. The highest BCUT2D eigenvalue weighted by Gasteiger charge is 2.37. The molecule has 152 valence electrons. The highest BCUT2D eigenvalue weighted by molar-refractivity contribution is 7.15. The van der Waals surface area contributed by atoms with Gasteiger partial charge in [0.25, 0.3) is 0 Å². The molecule has 1 aromatic carbocycles. The third kappa shape index (κ3) is 4.20. The lowest BCUT2D eigenvalue weighted by Gasteiger charge is -2.37. The van der Waals surface area contributed by atoms with E-state index in [1.807, 2.05) is 13.0 Å². The van der Waals surface area contributed by atoms with E-state index in [-0.39, 0.29) is 5.13 Å². The van der Waals surface area contributed by atoms with Crippen molar-refractivity contribution in [3.8, 4) is 5.75 Å². The van der Waals surface area contributed by atoms with Crippen LogP contribution in [0.2, 0.25) is 0 Å². The van der Waals surface area contributed by atoms with E-state index in [9.17, 15) is 23.1 Å². The molecule has 3 rings (SSSR count). The van der Waals surface area contributed by atoms with E-state index in [1.54, 1.807) is 21.9 Å². The van der Waals surface area contributed by atoms with E-state index in [0.717, 1.165) is 5.56 Å². The van der Waals surface area contributed by atoms with Gasteiger partial charge in [-0.3, -0.25) is 9.69 Å². The highest BCUT2D eigenvalue weighted by Crippen LogP contribution is 2.36. The van der Waals surface area contributed by atoms with E-state index in [0.29, 0.717) is 48.8 Å². The van der Waals surface area contributed by atoms with Crippen LogP contribution >= 0.6 is 11.3 Å². The molecular formula is C17H19F3N4O3S. The van der Waals surface area contributed by atoms with Gasteiger partial charge < -0.3 is 14.7 Å². The summed E-state index contributed by atoms with van der Waals surface area (Å²) in [7, 11) is 1.48. The number of benzene rings is 1. The molecule has 1 aromatic heterocycles. The summed E-state index contributed by atoms with van der Waals surface area (Å²) in [6.45, 7) is 3.28. The van der Waals surface area contributed by atoms with E-state index in [4.69, 9.17) is 4.74 Å². The fourth-order valence-corrected chi connectivity index (χ4v) is 3.95. The zero-order chi connectivity index (χ0) is 20.5. The van der Waals surface area contributed by atoms with Gasteiger partial charge in [0.1, 0.15) is 11.8 Å². The zero-order valence-corrected chi connectivity index (χ0v) is 16.0. The lowest BCUT2D eigenvalue weighted by atomic mass is 10.0. The molecule has 2 heterocycles. The second kappa shape index (κ2) is 7.92. The number of nitrogens with zero attached hydrogens (tertiary/aromatic N) is 4. The predicted octanol–water partition coefficient (Wildman–Crippen LogP) is 2.82. The predicted molar refractivity (Wildman–Crippen MR) is 96.8 cm³/mol. The summed E-state index contributed by atoms with van der Waals surface area (Å²) in [4.78, 5) is 15.5. The number of methoxy groups -OCH3 is 1. The molecule has 0 saturated carbocycles. The molecule has 1 aliphatic rings. The van der Waals surface area contributed by atoms with Crippen molar-refractivity contribution in [2.75, 3.05) is 38.2 Å². The van der Waals surface area contributed by atoms with Crippen molar-refractivity contribution < 1.29 is 27.8 Å². The van der Waals surface area contributed by atoms with Crippen molar-refractivity contribution in [2.24, 2.45) is 0 Å². The van der Waals surface area contributed by atoms with Gasteiger partial charge in [0.2, 0.25) is 10.1 Å². The van der Waals surface area contributed by atoms with Crippen LogP contribution in [-0.4, -0.2) is 59.5 Å². The Hall–Kier alpha value is -2.40. The lowest BCUT2D eigenvalue weighted by molar-refractivity contribution is -0.144.